The highest BCUT2D eigenvalue weighted by Crippen LogP contribution is 2.19. The quantitative estimate of drug-likeness (QED) is 0.498. The second-order valence-corrected chi connectivity index (χ2v) is 7.14. The number of hydrogen-bond donors (Lipinski definition) is 2. The van der Waals surface area contributed by atoms with Crippen LogP contribution >= 0.6 is 0 Å². The van der Waals surface area contributed by atoms with Crippen molar-refractivity contribution >= 4 is 28.0 Å². The molecule has 154 valence electrons. The first-order chi connectivity index (χ1) is 14.5. The van der Waals surface area contributed by atoms with E-state index in [2.05, 4.69) is 33.2 Å². The molecule has 3 heterocycles. The summed E-state index contributed by atoms with van der Waals surface area (Å²) in [5, 5.41) is 4.53. The summed E-state index contributed by atoms with van der Waals surface area (Å²) < 4.78 is 4.25. The number of nitrogens with one attached hydrogen (secondary N) is 2. The van der Waals surface area contributed by atoms with Crippen molar-refractivity contribution < 1.29 is 0 Å². The van der Waals surface area contributed by atoms with Crippen LogP contribution in [0.3, 0.4) is 0 Å². The normalized spacial score (nSPS) is 11.0. The van der Waals surface area contributed by atoms with Crippen LogP contribution in [0, 0.1) is 11.8 Å². The van der Waals surface area contributed by atoms with Crippen molar-refractivity contribution in [2.75, 3.05) is 11.9 Å². The van der Waals surface area contributed by atoms with Crippen LogP contribution in [-0.2, 0) is 27.1 Å². The number of imidazole rings is 1. The molecule has 0 aliphatic rings. The van der Waals surface area contributed by atoms with Gasteiger partial charge in [-0.15, -0.1) is 5.92 Å². The lowest BCUT2D eigenvalue weighted by molar-refractivity contribution is 0.704. The Balaban J connectivity index is 1.69. The van der Waals surface area contributed by atoms with E-state index in [1.807, 2.05) is 31.3 Å². The highest BCUT2D eigenvalue weighted by molar-refractivity contribution is 5.83. The summed E-state index contributed by atoms with van der Waals surface area (Å²) in [5.74, 6) is 6.64. The topological polar surface area (TPSA) is 89.6 Å². The minimum atomic E-state index is -0.401. The Labute approximate surface area is 173 Å². The van der Waals surface area contributed by atoms with Crippen molar-refractivity contribution in [1.29, 1.82) is 0 Å². The van der Waals surface area contributed by atoms with Crippen LogP contribution in [0.15, 0.2) is 40.1 Å². The average Bonchev–Trinajstić information content (AvgIpc) is 3.33. The molecule has 0 atom stereocenters. The molecule has 4 rings (SSSR count). The number of hydrogen-bond acceptors (Lipinski definition) is 4. The molecule has 2 N–H and O–H groups in total. The Bertz CT molecular complexity index is 1410. The SMILES string of the molecule is CCC#CCn1c(NCCc2c[nH]c3ccccc23)nc2c1c(=O)n(C)c(=O)n2C. The smallest absolute Gasteiger partial charge is 0.332 e. The fourth-order valence-electron chi connectivity index (χ4n) is 3.64. The van der Waals surface area contributed by atoms with Crippen molar-refractivity contribution in [3.63, 3.8) is 0 Å². The number of fused-ring (bicyclic) bond motifs is 2. The zero-order chi connectivity index (χ0) is 21.3. The molecule has 4 aromatic rings. The molecule has 0 fully saturated rings. The van der Waals surface area contributed by atoms with Gasteiger partial charge in [0.1, 0.15) is 0 Å². The Morgan fingerprint density at radius 2 is 1.93 bits per heavy atom. The van der Waals surface area contributed by atoms with Gasteiger partial charge in [0.05, 0.1) is 6.54 Å². The van der Waals surface area contributed by atoms with Crippen LogP contribution in [0.2, 0.25) is 0 Å². The van der Waals surface area contributed by atoms with Gasteiger partial charge in [-0.2, -0.15) is 4.98 Å². The third-order valence-electron chi connectivity index (χ3n) is 5.24. The van der Waals surface area contributed by atoms with E-state index in [9.17, 15) is 9.59 Å². The number of benzene rings is 1. The van der Waals surface area contributed by atoms with Crippen molar-refractivity contribution in [2.24, 2.45) is 14.1 Å². The van der Waals surface area contributed by atoms with E-state index in [1.165, 1.54) is 22.6 Å². The highest BCUT2D eigenvalue weighted by Gasteiger charge is 2.18. The zero-order valence-corrected chi connectivity index (χ0v) is 17.3. The molecule has 8 heteroatoms. The van der Waals surface area contributed by atoms with E-state index in [1.54, 1.807) is 11.6 Å². The van der Waals surface area contributed by atoms with Crippen LogP contribution in [0.5, 0.6) is 0 Å². The maximum absolute atomic E-state index is 12.8. The fraction of sp³-hybridized carbons (Fsp3) is 0.318. The molecule has 8 nitrogen and oxygen atoms in total. The van der Waals surface area contributed by atoms with E-state index < -0.39 is 5.69 Å². The molecule has 1 aromatic carbocycles. The number of rotatable bonds is 5. The molecule has 0 bridgehead atoms. The molecular weight excluding hydrogens is 380 g/mol. The third kappa shape index (κ3) is 3.28. The molecule has 30 heavy (non-hydrogen) atoms. The number of nitrogens with zero attached hydrogens (tertiary/aromatic N) is 4. The van der Waals surface area contributed by atoms with Crippen LogP contribution in [0.4, 0.5) is 5.95 Å². The number of para-hydroxylation sites is 1. The molecule has 0 radical (unpaired) electrons. The third-order valence-corrected chi connectivity index (χ3v) is 5.24. The predicted molar refractivity (Wildman–Crippen MR) is 119 cm³/mol. The fourth-order valence-corrected chi connectivity index (χ4v) is 3.64. The molecule has 0 unspecified atom stereocenters. The van der Waals surface area contributed by atoms with Crippen LogP contribution in [0.25, 0.3) is 22.1 Å². The lowest BCUT2D eigenvalue weighted by atomic mass is 10.1. The summed E-state index contributed by atoms with van der Waals surface area (Å²) in [4.78, 5) is 32.9. The summed E-state index contributed by atoms with van der Waals surface area (Å²) >= 11 is 0. The van der Waals surface area contributed by atoms with Crippen LogP contribution in [-0.4, -0.2) is 30.2 Å². The van der Waals surface area contributed by atoms with E-state index in [4.69, 9.17) is 0 Å². The molecule has 0 aliphatic heterocycles. The van der Waals surface area contributed by atoms with Crippen molar-refractivity contribution in [2.45, 2.75) is 26.3 Å². The number of aromatic nitrogens is 5. The van der Waals surface area contributed by atoms with Crippen molar-refractivity contribution in [3.8, 4) is 11.8 Å². The second-order valence-electron chi connectivity index (χ2n) is 7.14. The molecule has 0 aliphatic carbocycles. The van der Waals surface area contributed by atoms with Crippen LogP contribution in [0.1, 0.15) is 18.9 Å². The van der Waals surface area contributed by atoms with Gasteiger partial charge in [-0.25, -0.2) is 4.79 Å². The average molecular weight is 404 g/mol. The Morgan fingerprint density at radius 3 is 2.73 bits per heavy atom. The monoisotopic (exact) mass is 404 g/mol. The van der Waals surface area contributed by atoms with Gasteiger partial charge in [-0.1, -0.05) is 31.0 Å². The maximum Gasteiger partial charge on any atom is 0.332 e. The Morgan fingerprint density at radius 1 is 1.13 bits per heavy atom. The molecule has 3 aromatic heterocycles. The molecular formula is C22H24N6O2. The van der Waals surface area contributed by atoms with Crippen molar-refractivity contribution in [1.82, 2.24) is 23.7 Å². The van der Waals surface area contributed by atoms with Gasteiger partial charge in [0.2, 0.25) is 5.95 Å². The van der Waals surface area contributed by atoms with Gasteiger partial charge in [-0.05, 0) is 18.1 Å². The minimum Gasteiger partial charge on any atom is -0.361 e. The minimum absolute atomic E-state index is 0.327. The van der Waals surface area contributed by atoms with Gasteiger partial charge < -0.3 is 10.3 Å². The van der Waals surface area contributed by atoms with Gasteiger partial charge in [-0.3, -0.25) is 18.5 Å². The number of aromatic amines is 1. The van der Waals surface area contributed by atoms with E-state index in [0.717, 1.165) is 22.9 Å². The lowest BCUT2D eigenvalue weighted by Crippen LogP contribution is -2.37. The number of anilines is 1. The van der Waals surface area contributed by atoms with E-state index in [0.29, 0.717) is 30.2 Å². The Kier molecular flexibility index (Phi) is 5.19. The summed E-state index contributed by atoms with van der Waals surface area (Å²) in [7, 11) is 3.10. The summed E-state index contributed by atoms with van der Waals surface area (Å²) in [6, 6.07) is 8.17. The first-order valence-corrected chi connectivity index (χ1v) is 9.93. The second kappa shape index (κ2) is 7.95. The molecule has 0 spiro atoms. The first-order valence-electron chi connectivity index (χ1n) is 9.93. The van der Waals surface area contributed by atoms with Gasteiger partial charge in [0.15, 0.2) is 11.2 Å². The van der Waals surface area contributed by atoms with E-state index >= 15 is 0 Å². The summed E-state index contributed by atoms with van der Waals surface area (Å²) in [6.07, 6.45) is 3.53. The summed E-state index contributed by atoms with van der Waals surface area (Å²) in [5.41, 5.74) is 2.27. The zero-order valence-electron chi connectivity index (χ0n) is 17.3. The van der Waals surface area contributed by atoms with Gasteiger partial charge in [0, 0.05) is 44.2 Å². The van der Waals surface area contributed by atoms with E-state index in [-0.39, 0.29) is 5.56 Å². The molecule has 0 saturated carbocycles. The Hall–Kier alpha value is -3.73. The number of H-pyrrole nitrogens is 1. The predicted octanol–water partition coefficient (Wildman–Crippen LogP) is 1.98. The first kappa shape index (κ1) is 19.6. The van der Waals surface area contributed by atoms with Gasteiger partial charge >= 0.3 is 5.69 Å². The van der Waals surface area contributed by atoms with Crippen molar-refractivity contribution in [3.05, 3.63) is 56.9 Å². The summed E-state index contributed by atoms with van der Waals surface area (Å²) in [6.45, 7) is 2.93. The largest absolute Gasteiger partial charge is 0.361 e. The van der Waals surface area contributed by atoms with Gasteiger partial charge in [0.25, 0.3) is 5.56 Å². The molecule has 0 amide bonds. The van der Waals surface area contributed by atoms with Crippen LogP contribution < -0.4 is 16.6 Å². The maximum atomic E-state index is 12.8. The molecule has 0 saturated heterocycles. The lowest BCUT2D eigenvalue weighted by Gasteiger charge is -2.08. The highest BCUT2D eigenvalue weighted by atomic mass is 16.2. The number of aryl methyl sites for hydroxylation is 1. The standard InChI is InChI=1S/C22H24N6O2/c1-4-5-8-13-28-18-19(26(2)22(30)27(3)20(18)29)25-21(28)23-12-11-15-14-24-17-10-7-6-9-16(15)17/h6-7,9-10,14,24H,4,11-13H2,1-3H3,(H,23,25).